The highest BCUT2D eigenvalue weighted by Gasteiger charge is 2.33. The van der Waals surface area contributed by atoms with Crippen molar-refractivity contribution in [3.05, 3.63) is 63.1 Å². The van der Waals surface area contributed by atoms with E-state index >= 15 is 0 Å². The van der Waals surface area contributed by atoms with E-state index in [2.05, 4.69) is 10.4 Å². The van der Waals surface area contributed by atoms with E-state index in [9.17, 15) is 18.0 Å². The molecule has 0 bridgehead atoms. The summed E-state index contributed by atoms with van der Waals surface area (Å²) in [6.07, 6.45) is -2.97. The van der Waals surface area contributed by atoms with E-state index in [1.165, 1.54) is 35.7 Å². The molecule has 1 amide bonds. The Morgan fingerprint density at radius 1 is 1.37 bits per heavy atom. The van der Waals surface area contributed by atoms with Crippen LogP contribution in [-0.4, -0.2) is 28.3 Å². The third-order valence-electron chi connectivity index (χ3n) is 4.66. The summed E-state index contributed by atoms with van der Waals surface area (Å²) in [4.78, 5) is 14.0. The van der Waals surface area contributed by atoms with E-state index in [4.69, 9.17) is 17.3 Å². The highest BCUT2D eigenvalue weighted by atomic mass is 35.5. The second kappa shape index (κ2) is 8.79. The van der Waals surface area contributed by atoms with Gasteiger partial charge in [0.15, 0.2) is 0 Å². The fourth-order valence-electron chi connectivity index (χ4n) is 3.19. The van der Waals surface area contributed by atoms with Gasteiger partial charge in [0.1, 0.15) is 0 Å². The van der Waals surface area contributed by atoms with Crippen LogP contribution in [-0.2, 0) is 19.6 Å². The molecular weight excluding hydrogens is 437 g/mol. The maximum atomic E-state index is 13.2. The van der Waals surface area contributed by atoms with Gasteiger partial charge in [-0.1, -0.05) is 29.8 Å². The molecule has 0 radical (unpaired) electrons. The molecule has 3 aromatic rings. The number of nitrogens with one attached hydrogen (secondary N) is 1. The van der Waals surface area contributed by atoms with E-state index in [-0.39, 0.29) is 18.5 Å². The molecule has 0 aliphatic heterocycles. The summed E-state index contributed by atoms with van der Waals surface area (Å²) in [6, 6.07) is 6.36. The average molecular weight is 457 g/mol. The second-order valence-electron chi connectivity index (χ2n) is 6.85. The third-order valence-corrected chi connectivity index (χ3v) is 6.18. The van der Waals surface area contributed by atoms with Crippen molar-refractivity contribution in [3.8, 4) is 10.6 Å². The summed E-state index contributed by atoms with van der Waals surface area (Å²) < 4.78 is 41.4. The van der Waals surface area contributed by atoms with Crippen LogP contribution < -0.4 is 11.1 Å². The van der Waals surface area contributed by atoms with Gasteiger partial charge in [-0.2, -0.15) is 18.3 Å². The number of aryl methyl sites for hydroxylation is 2. The lowest BCUT2D eigenvalue weighted by molar-refractivity contribution is -0.138. The fraction of sp³-hybridized carbons (Fsp3) is 0.300. The van der Waals surface area contributed by atoms with E-state index < -0.39 is 23.7 Å². The predicted molar refractivity (Wildman–Crippen MR) is 112 cm³/mol. The van der Waals surface area contributed by atoms with Gasteiger partial charge in [-0.3, -0.25) is 9.48 Å². The fourth-order valence-corrected chi connectivity index (χ4v) is 4.67. The molecule has 0 saturated carbocycles. The Labute approximate surface area is 180 Å². The highest BCUT2D eigenvalue weighted by Crippen LogP contribution is 2.36. The Hall–Kier alpha value is -2.36. The highest BCUT2D eigenvalue weighted by molar-refractivity contribution is 7.17. The molecule has 0 saturated heterocycles. The van der Waals surface area contributed by atoms with Crippen LogP contribution in [0.3, 0.4) is 0 Å². The van der Waals surface area contributed by atoms with Gasteiger partial charge in [-0.15, -0.1) is 11.3 Å². The first kappa shape index (κ1) is 22.3. The SMILES string of the molecule is Cc1cc(C(=O)NC(CN)Cc2ccccc2C(F)(F)F)sc1-c1c(Cl)cnn1C. The predicted octanol–water partition coefficient (Wildman–Crippen LogP) is 4.43. The number of nitrogens with two attached hydrogens (primary N) is 1. The number of thiophene rings is 1. The van der Waals surface area contributed by atoms with Crippen molar-refractivity contribution in [1.82, 2.24) is 15.1 Å². The zero-order valence-electron chi connectivity index (χ0n) is 16.3. The maximum absolute atomic E-state index is 13.2. The molecule has 10 heteroatoms. The average Bonchev–Trinajstić information content (AvgIpc) is 3.22. The first-order chi connectivity index (χ1) is 14.1. The normalized spacial score (nSPS) is 12.8. The monoisotopic (exact) mass is 456 g/mol. The number of aromatic nitrogens is 2. The molecule has 0 aliphatic carbocycles. The molecule has 2 aromatic heterocycles. The van der Waals surface area contributed by atoms with Gasteiger partial charge < -0.3 is 11.1 Å². The zero-order chi connectivity index (χ0) is 22.1. The summed E-state index contributed by atoms with van der Waals surface area (Å²) >= 11 is 7.45. The van der Waals surface area contributed by atoms with Gasteiger partial charge in [0.05, 0.1) is 32.2 Å². The lowest BCUT2D eigenvalue weighted by Crippen LogP contribution is -2.41. The van der Waals surface area contributed by atoms with Crippen molar-refractivity contribution < 1.29 is 18.0 Å². The Kier molecular flexibility index (Phi) is 6.54. The number of alkyl halides is 3. The van der Waals surface area contributed by atoms with Crippen LogP contribution in [0.4, 0.5) is 13.2 Å². The van der Waals surface area contributed by atoms with Gasteiger partial charge in [0.25, 0.3) is 5.91 Å². The van der Waals surface area contributed by atoms with Crippen molar-refractivity contribution in [2.45, 2.75) is 25.6 Å². The van der Waals surface area contributed by atoms with Gasteiger partial charge >= 0.3 is 6.18 Å². The van der Waals surface area contributed by atoms with Gasteiger partial charge in [-0.25, -0.2) is 0 Å². The summed E-state index contributed by atoms with van der Waals surface area (Å²) in [5, 5.41) is 7.33. The Balaban J connectivity index is 1.80. The smallest absolute Gasteiger partial charge is 0.347 e. The van der Waals surface area contributed by atoms with Gasteiger partial charge in [0, 0.05) is 19.6 Å². The largest absolute Gasteiger partial charge is 0.416 e. The number of rotatable bonds is 6. The Bertz CT molecular complexity index is 1040. The van der Waals surface area contributed by atoms with Crippen LogP contribution in [0.5, 0.6) is 0 Å². The van der Waals surface area contributed by atoms with Crippen LogP contribution in [0.2, 0.25) is 5.02 Å². The molecule has 160 valence electrons. The molecular formula is C20H20ClF3N4OS. The van der Waals surface area contributed by atoms with Crippen molar-refractivity contribution >= 4 is 28.8 Å². The lowest BCUT2D eigenvalue weighted by atomic mass is 9.99. The Morgan fingerprint density at radius 2 is 2.07 bits per heavy atom. The summed E-state index contributed by atoms with van der Waals surface area (Å²) in [6.45, 7) is 1.86. The molecule has 0 spiro atoms. The van der Waals surface area contributed by atoms with E-state index in [1.54, 1.807) is 17.8 Å². The van der Waals surface area contributed by atoms with Crippen LogP contribution in [0, 0.1) is 6.92 Å². The summed E-state index contributed by atoms with van der Waals surface area (Å²) in [7, 11) is 1.75. The molecule has 3 rings (SSSR count). The molecule has 1 unspecified atom stereocenters. The number of carbonyl (C=O) groups excluding carboxylic acids is 1. The third kappa shape index (κ3) is 4.69. The van der Waals surface area contributed by atoms with Crippen LogP contribution >= 0.6 is 22.9 Å². The summed E-state index contributed by atoms with van der Waals surface area (Å²) in [5.41, 5.74) is 6.65. The number of hydrogen-bond acceptors (Lipinski definition) is 4. The maximum Gasteiger partial charge on any atom is 0.416 e. The van der Waals surface area contributed by atoms with Gasteiger partial charge in [-0.05, 0) is 36.6 Å². The van der Waals surface area contributed by atoms with Crippen LogP contribution in [0.25, 0.3) is 10.6 Å². The number of benzene rings is 1. The van der Waals surface area contributed by atoms with Crippen LogP contribution in [0.15, 0.2) is 36.5 Å². The van der Waals surface area contributed by atoms with Crippen molar-refractivity contribution in [3.63, 3.8) is 0 Å². The first-order valence-corrected chi connectivity index (χ1v) is 10.3. The van der Waals surface area contributed by atoms with Crippen molar-refractivity contribution in [2.75, 3.05) is 6.54 Å². The molecule has 2 heterocycles. The summed E-state index contributed by atoms with van der Waals surface area (Å²) in [5.74, 6) is -0.396. The number of halogens is 4. The first-order valence-electron chi connectivity index (χ1n) is 9.06. The molecule has 5 nitrogen and oxygen atoms in total. The number of carbonyl (C=O) groups is 1. The van der Waals surface area contributed by atoms with E-state index in [0.29, 0.717) is 15.6 Å². The molecule has 30 heavy (non-hydrogen) atoms. The molecule has 3 N–H and O–H groups in total. The van der Waals surface area contributed by atoms with Crippen molar-refractivity contribution in [1.29, 1.82) is 0 Å². The van der Waals surface area contributed by atoms with E-state index in [0.717, 1.165) is 16.5 Å². The van der Waals surface area contributed by atoms with Crippen LogP contribution in [0.1, 0.15) is 26.4 Å². The quantitative estimate of drug-likeness (QED) is 0.576. The number of nitrogens with zero attached hydrogens (tertiary/aromatic N) is 2. The topological polar surface area (TPSA) is 72.9 Å². The van der Waals surface area contributed by atoms with Gasteiger partial charge in [0.2, 0.25) is 0 Å². The van der Waals surface area contributed by atoms with E-state index in [1.807, 2.05) is 6.92 Å². The number of amides is 1. The minimum absolute atomic E-state index is 0.00268. The molecule has 1 aromatic carbocycles. The molecule has 0 aliphatic rings. The molecule has 1 atom stereocenters. The number of hydrogen-bond donors (Lipinski definition) is 2. The molecule has 0 fully saturated rings. The zero-order valence-corrected chi connectivity index (χ0v) is 17.8. The lowest BCUT2D eigenvalue weighted by Gasteiger charge is -2.19. The Morgan fingerprint density at radius 3 is 2.67 bits per heavy atom. The minimum atomic E-state index is -4.47. The second-order valence-corrected chi connectivity index (χ2v) is 8.31. The standard InChI is InChI=1S/C20H20ClF3N4OS/c1-11-7-16(30-18(11)17-15(21)10-26-28(17)2)19(29)27-13(9-25)8-12-5-3-4-6-14(12)20(22,23)24/h3-7,10,13H,8-9,25H2,1-2H3,(H,27,29). The minimum Gasteiger partial charge on any atom is -0.347 e. The van der Waals surface area contributed by atoms with Crippen molar-refractivity contribution in [2.24, 2.45) is 12.8 Å².